The van der Waals surface area contributed by atoms with E-state index in [-0.39, 0.29) is 42.0 Å². The molecular weight excluding hydrogens is 517 g/mol. The minimum absolute atomic E-state index is 0. The molecule has 0 aromatic heterocycles. The lowest BCUT2D eigenvalue weighted by Gasteiger charge is -2.17. The third kappa shape index (κ3) is 9.26. The number of aliphatic imine (C=N–C) groups is 1. The molecule has 0 bridgehead atoms. The molecule has 0 aliphatic rings. The first-order valence-electron chi connectivity index (χ1n) is 9.79. The van der Waals surface area contributed by atoms with Crippen LogP contribution in [0.5, 0.6) is 11.5 Å². The van der Waals surface area contributed by atoms with Crippen molar-refractivity contribution in [3.05, 3.63) is 59.2 Å². The van der Waals surface area contributed by atoms with E-state index in [1.54, 1.807) is 32.2 Å². The Bertz CT molecular complexity index is 835. The highest BCUT2D eigenvalue weighted by Crippen LogP contribution is 2.32. The molecule has 0 radical (unpaired) electrons. The fourth-order valence-corrected chi connectivity index (χ4v) is 2.98. The molecule has 0 fully saturated rings. The van der Waals surface area contributed by atoms with E-state index in [1.165, 1.54) is 5.56 Å². The van der Waals surface area contributed by atoms with Crippen molar-refractivity contribution in [2.75, 3.05) is 27.7 Å². The van der Waals surface area contributed by atoms with Crippen LogP contribution in [0.25, 0.3) is 0 Å². The number of hydrogen-bond donors (Lipinski definition) is 2. The number of halogens is 3. The first kappa shape index (κ1) is 26.9. The van der Waals surface area contributed by atoms with E-state index < -0.39 is 6.61 Å². The lowest BCUT2D eigenvalue weighted by atomic mass is 10.1. The summed E-state index contributed by atoms with van der Waals surface area (Å²) < 4.78 is 35.9. The van der Waals surface area contributed by atoms with Crippen molar-refractivity contribution in [1.29, 1.82) is 0 Å². The van der Waals surface area contributed by atoms with Gasteiger partial charge in [0.25, 0.3) is 0 Å². The van der Waals surface area contributed by atoms with Gasteiger partial charge in [-0.15, -0.1) is 24.0 Å². The summed E-state index contributed by atoms with van der Waals surface area (Å²) in [5.74, 6) is 0.879. The largest absolute Gasteiger partial charge is 0.490 e. The van der Waals surface area contributed by atoms with E-state index in [4.69, 9.17) is 9.47 Å². The molecule has 0 amide bonds. The van der Waals surface area contributed by atoms with Crippen LogP contribution in [0.2, 0.25) is 0 Å². The molecule has 2 rings (SSSR count). The van der Waals surface area contributed by atoms with Crippen molar-refractivity contribution < 1.29 is 18.3 Å². The molecule has 0 heterocycles. The maximum Gasteiger partial charge on any atom is 0.387 e. The Kier molecular flexibility index (Phi) is 12.2. The molecule has 0 saturated heterocycles. The minimum Gasteiger partial charge on any atom is -0.490 e. The zero-order chi connectivity index (χ0) is 21.9. The third-order valence-electron chi connectivity index (χ3n) is 4.19. The third-order valence-corrected chi connectivity index (χ3v) is 4.19. The van der Waals surface area contributed by atoms with Crippen LogP contribution in [0.3, 0.4) is 0 Å². The van der Waals surface area contributed by atoms with Crippen LogP contribution in [0.4, 0.5) is 8.78 Å². The zero-order valence-electron chi connectivity index (χ0n) is 18.3. The van der Waals surface area contributed by atoms with Crippen molar-refractivity contribution >= 4 is 29.9 Å². The molecule has 0 saturated carbocycles. The molecular formula is C22H31F2IN4O2. The van der Waals surface area contributed by atoms with Gasteiger partial charge in [-0.1, -0.05) is 36.4 Å². The quantitative estimate of drug-likeness (QED) is 0.265. The van der Waals surface area contributed by atoms with Gasteiger partial charge in [-0.05, 0) is 38.2 Å². The second kappa shape index (κ2) is 14.0. The molecule has 0 spiro atoms. The van der Waals surface area contributed by atoms with E-state index >= 15 is 0 Å². The van der Waals surface area contributed by atoms with Crippen molar-refractivity contribution in [3.8, 4) is 11.5 Å². The smallest absolute Gasteiger partial charge is 0.387 e. The lowest BCUT2D eigenvalue weighted by molar-refractivity contribution is -0.0520. The van der Waals surface area contributed by atoms with Gasteiger partial charge in [-0.25, -0.2) is 0 Å². The summed E-state index contributed by atoms with van der Waals surface area (Å²) in [4.78, 5) is 6.32. The normalized spacial score (nSPS) is 11.3. The minimum atomic E-state index is -2.93. The number of ether oxygens (including phenoxy) is 2. The second-order valence-electron chi connectivity index (χ2n) is 6.89. The Labute approximate surface area is 200 Å². The van der Waals surface area contributed by atoms with Gasteiger partial charge in [0, 0.05) is 32.2 Å². The average molecular weight is 548 g/mol. The Morgan fingerprint density at radius 2 is 1.74 bits per heavy atom. The summed E-state index contributed by atoms with van der Waals surface area (Å²) in [6.07, 6.45) is 0. The van der Waals surface area contributed by atoms with Crippen LogP contribution < -0.4 is 20.1 Å². The molecule has 0 aliphatic heterocycles. The van der Waals surface area contributed by atoms with Crippen LogP contribution in [0.1, 0.15) is 23.6 Å². The van der Waals surface area contributed by atoms with Crippen molar-refractivity contribution in [2.24, 2.45) is 4.99 Å². The molecule has 31 heavy (non-hydrogen) atoms. The molecule has 172 valence electrons. The van der Waals surface area contributed by atoms with Crippen LogP contribution >= 0.6 is 24.0 Å². The standard InChI is InChI=1S/C22H30F2N4O2.HI/c1-5-29-19-11-7-10-18(20(19)30-21(23)24)14-27-22(25-2)26-13-16-8-6-9-17(12-16)15-28(3)4;/h6-12,21H,5,13-15H2,1-4H3,(H2,25,26,27);1H. The van der Waals surface area contributed by atoms with Crippen LogP contribution in [0.15, 0.2) is 47.5 Å². The predicted molar refractivity (Wildman–Crippen MR) is 131 cm³/mol. The van der Waals surface area contributed by atoms with E-state index in [0.29, 0.717) is 24.7 Å². The number of nitrogens with zero attached hydrogens (tertiary/aromatic N) is 2. The number of para-hydroxylation sites is 1. The monoisotopic (exact) mass is 548 g/mol. The number of alkyl halides is 2. The summed E-state index contributed by atoms with van der Waals surface area (Å²) in [7, 11) is 5.72. The fraction of sp³-hybridized carbons (Fsp3) is 0.409. The van der Waals surface area contributed by atoms with Crippen molar-refractivity contribution in [1.82, 2.24) is 15.5 Å². The number of hydrogen-bond acceptors (Lipinski definition) is 4. The van der Waals surface area contributed by atoms with Gasteiger partial charge in [-0.3, -0.25) is 4.99 Å². The van der Waals surface area contributed by atoms with Gasteiger partial charge in [0.2, 0.25) is 0 Å². The zero-order valence-corrected chi connectivity index (χ0v) is 20.7. The van der Waals surface area contributed by atoms with Crippen LogP contribution in [-0.4, -0.2) is 45.2 Å². The number of guanidine groups is 1. The summed E-state index contributed by atoms with van der Waals surface area (Å²) >= 11 is 0. The maximum atomic E-state index is 12.9. The Morgan fingerprint density at radius 1 is 1.06 bits per heavy atom. The number of rotatable bonds is 10. The highest BCUT2D eigenvalue weighted by atomic mass is 127. The van der Waals surface area contributed by atoms with Crippen molar-refractivity contribution in [2.45, 2.75) is 33.2 Å². The summed E-state index contributed by atoms with van der Waals surface area (Å²) in [6.45, 7) is 0.911. The van der Waals surface area contributed by atoms with Crippen LogP contribution in [-0.2, 0) is 19.6 Å². The molecule has 9 heteroatoms. The second-order valence-corrected chi connectivity index (χ2v) is 6.89. The molecule has 2 N–H and O–H groups in total. The molecule has 0 unspecified atom stereocenters. The molecule has 6 nitrogen and oxygen atoms in total. The topological polar surface area (TPSA) is 58.1 Å². The lowest BCUT2D eigenvalue weighted by Crippen LogP contribution is -2.36. The summed E-state index contributed by atoms with van der Waals surface area (Å²) in [6, 6.07) is 13.4. The molecule has 2 aromatic carbocycles. The molecule has 0 atom stereocenters. The summed E-state index contributed by atoms with van der Waals surface area (Å²) in [5.41, 5.74) is 2.90. The van der Waals surface area contributed by atoms with Gasteiger partial charge in [-0.2, -0.15) is 8.78 Å². The number of nitrogens with one attached hydrogen (secondary N) is 2. The van der Waals surface area contributed by atoms with Gasteiger partial charge in [0.1, 0.15) is 0 Å². The average Bonchev–Trinajstić information content (AvgIpc) is 2.69. The summed E-state index contributed by atoms with van der Waals surface area (Å²) in [5, 5.41) is 6.38. The fourth-order valence-electron chi connectivity index (χ4n) is 2.98. The van der Waals surface area contributed by atoms with Crippen LogP contribution in [0, 0.1) is 0 Å². The predicted octanol–water partition coefficient (Wildman–Crippen LogP) is 4.23. The maximum absolute atomic E-state index is 12.9. The Morgan fingerprint density at radius 3 is 2.39 bits per heavy atom. The van der Waals surface area contributed by atoms with E-state index in [9.17, 15) is 8.78 Å². The SMILES string of the molecule is CCOc1cccc(CNC(=NC)NCc2cccc(CN(C)C)c2)c1OC(F)F.I. The van der Waals surface area contributed by atoms with E-state index in [0.717, 1.165) is 12.1 Å². The van der Waals surface area contributed by atoms with Gasteiger partial charge in [0.15, 0.2) is 17.5 Å². The first-order chi connectivity index (χ1) is 14.4. The van der Waals surface area contributed by atoms with Gasteiger partial charge in [0.05, 0.1) is 6.61 Å². The highest BCUT2D eigenvalue weighted by Gasteiger charge is 2.16. The Hall–Kier alpha value is -2.14. The van der Waals surface area contributed by atoms with E-state index in [2.05, 4.69) is 32.7 Å². The first-order valence-corrected chi connectivity index (χ1v) is 9.79. The van der Waals surface area contributed by atoms with Gasteiger partial charge >= 0.3 is 6.61 Å². The number of benzene rings is 2. The van der Waals surface area contributed by atoms with E-state index in [1.807, 2.05) is 26.2 Å². The Balaban J connectivity index is 0.00000480. The molecule has 0 aliphatic carbocycles. The van der Waals surface area contributed by atoms with Crippen molar-refractivity contribution in [3.63, 3.8) is 0 Å². The van der Waals surface area contributed by atoms with Gasteiger partial charge < -0.3 is 25.0 Å². The highest BCUT2D eigenvalue weighted by molar-refractivity contribution is 14.0. The molecule has 2 aromatic rings.